The van der Waals surface area contributed by atoms with Crippen LogP contribution in [0.15, 0.2) is 30.6 Å². The molecule has 22 heavy (non-hydrogen) atoms. The van der Waals surface area contributed by atoms with Crippen molar-refractivity contribution in [2.24, 2.45) is 0 Å². The Balaban J connectivity index is 1.84. The third kappa shape index (κ3) is 2.29. The van der Waals surface area contributed by atoms with Gasteiger partial charge in [0.2, 0.25) is 0 Å². The summed E-state index contributed by atoms with van der Waals surface area (Å²) >= 11 is 0. The summed E-state index contributed by atoms with van der Waals surface area (Å²) in [5.74, 6) is 2.26. The Bertz CT molecular complexity index is 794. The van der Waals surface area contributed by atoms with Crippen molar-refractivity contribution < 1.29 is 4.74 Å². The number of hydrogen-bond donors (Lipinski definition) is 0. The third-order valence-electron chi connectivity index (χ3n) is 3.68. The van der Waals surface area contributed by atoms with Gasteiger partial charge in [0.25, 0.3) is 5.78 Å². The van der Waals surface area contributed by atoms with Crippen LogP contribution in [0.1, 0.15) is 5.69 Å². The van der Waals surface area contributed by atoms with E-state index >= 15 is 0 Å². The zero-order chi connectivity index (χ0) is 14.9. The number of fused-ring (bicyclic) bond motifs is 1. The van der Waals surface area contributed by atoms with E-state index in [1.165, 1.54) is 0 Å². The Morgan fingerprint density at radius 3 is 2.82 bits per heavy atom. The van der Waals surface area contributed by atoms with Gasteiger partial charge >= 0.3 is 0 Å². The summed E-state index contributed by atoms with van der Waals surface area (Å²) in [6.45, 7) is 5.13. The first kappa shape index (κ1) is 13.1. The van der Waals surface area contributed by atoms with E-state index in [2.05, 4.69) is 25.0 Å². The molecule has 0 spiro atoms. The number of anilines is 1. The number of nitrogens with zero attached hydrogens (tertiary/aromatic N) is 6. The highest BCUT2D eigenvalue weighted by atomic mass is 16.5. The minimum absolute atomic E-state index is 0.611. The van der Waals surface area contributed by atoms with E-state index in [0.717, 1.165) is 43.4 Å². The van der Waals surface area contributed by atoms with Gasteiger partial charge in [0.15, 0.2) is 5.82 Å². The summed E-state index contributed by atoms with van der Waals surface area (Å²) in [7, 11) is 0. The molecule has 7 nitrogen and oxygen atoms in total. The lowest BCUT2D eigenvalue weighted by molar-refractivity contribution is 0.122. The third-order valence-corrected chi connectivity index (χ3v) is 3.68. The van der Waals surface area contributed by atoms with Gasteiger partial charge in [-0.3, -0.25) is 4.98 Å². The van der Waals surface area contributed by atoms with Crippen molar-refractivity contribution in [1.82, 2.24) is 24.6 Å². The number of rotatable bonds is 2. The molecule has 0 aliphatic carbocycles. The smallest absolute Gasteiger partial charge is 0.254 e. The van der Waals surface area contributed by atoms with E-state index in [0.29, 0.717) is 11.6 Å². The van der Waals surface area contributed by atoms with Crippen LogP contribution < -0.4 is 4.90 Å². The molecule has 0 radical (unpaired) electrons. The number of pyridine rings is 1. The van der Waals surface area contributed by atoms with Crippen molar-refractivity contribution in [2.45, 2.75) is 6.92 Å². The highest BCUT2D eigenvalue weighted by molar-refractivity contribution is 5.57. The summed E-state index contributed by atoms with van der Waals surface area (Å²) < 4.78 is 7.23. The lowest BCUT2D eigenvalue weighted by atomic mass is 10.3. The zero-order valence-electron chi connectivity index (χ0n) is 12.3. The molecule has 1 saturated heterocycles. The van der Waals surface area contributed by atoms with Crippen molar-refractivity contribution in [2.75, 3.05) is 31.2 Å². The molecule has 1 aliphatic rings. The van der Waals surface area contributed by atoms with Gasteiger partial charge in [-0.15, -0.1) is 5.10 Å². The van der Waals surface area contributed by atoms with Gasteiger partial charge in [-0.05, 0) is 19.1 Å². The average Bonchev–Trinajstić information content (AvgIpc) is 2.99. The molecular formula is C15H16N6O. The molecule has 4 rings (SSSR count). The molecule has 0 aromatic carbocycles. The van der Waals surface area contributed by atoms with Crippen molar-refractivity contribution in [3.63, 3.8) is 0 Å². The minimum atomic E-state index is 0.611. The van der Waals surface area contributed by atoms with Crippen LogP contribution in [0, 0.1) is 6.92 Å². The van der Waals surface area contributed by atoms with E-state index in [9.17, 15) is 0 Å². The molecular weight excluding hydrogens is 280 g/mol. The molecule has 4 heterocycles. The second-order valence-electron chi connectivity index (χ2n) is 5.24. The first-order valence-electron chi connectivity index (χ1n) is 7.29. The minimum Gasteiger partial charge on any atom is -0.378 e. The fourth-order valence-electron chi connectivity index (χ4n) is 2.60. The van der Waals surface area contributed by atoms with Crippen molar-refractivity contribution in [3.05, 3.63) is 36.3 Å². The van der Waals surface area contributed by atoms with Crippen molar-refractivity contribution >= 4 is 11.6 Å². The molecule has 112 valence electrons. The molecule has 3 aromatic heterocycles. The van der Waals surface area contributed by atoms with Crippen LogP contribution in [-0.4, -0.2) is 50.9 Å². The molecule has 0 bridgehead atoms. The highest BCUT2D eigenvalue weighted by Gasteiger charge is 2.18. The van der Waals surface area contributed by atoms with E-state index in [1.54, 1.807) is 16.9 Å². The SMILES string of the molecule is Cc1cc(N2CCOCC2)n2nc(-c3cccnc3)nc2n1. The Kier molecular flexibility index (Phi) is 3.19. The normalized spacial score (nSPS) is 15.4. The topological polar surface area (TPSA) is 68.4 Å². The van der Waals surface area contributed by atoms with Gasteiger partial charge in [-0.25, -0.2) is 4.98 Å². The monoisotopic (exact) mass is 296 g/mol. The van der Waals surface area contributed by atoms with Gasteiger partial charge in [0.05, 0.1) is 13.2 Å². The highest BCUT2D eigenvalue weighted by Crippen LogP contribution is 2.21. The number of aromatic nitrogens is 5. The quantitative estimate of drug-likeness (QED) is 0.710. The summed E-state index contributed by atoms with van der Waals surface area (Å²) in [5.41, 5.74) is 1.82. The van der Waals surface area contributed by atoms with Gasteiger partial charge < -0.3 is 9.64 Å². The van der Waals surface area contributed by atoms with Gasteiger partial charge in [-0.1, -0.05) is 0 Å². The van der Waals surface area contributed by atoms with Crippen LogP contribution in [0.4, 0.5) is 5.82 Å². The summed E-state index contributed by atoms with van der Waals surface area (Å²) in [5, 5.41) is 4.62. The second-order valence-corrected chi connectivity index (χ2v) is 5.24. The molecule has 1 aliphatic heterocycles. The molecule has 0 atom stereocenters. The number of morpholine rings is 1. The van der Waals surface area contributed by atoms with Crippen LogP contribution in [0.3, 0.4) is 0 Å². The Hall–Kier alpha value is -2.54. The fraction of sp³-hybridized carbons (Fsp3) is 0.333. The molecule has 0 amide bonds. The standard InChI is InChI=1S/C15H16N6O/c1-11-9-13(20-5-7-22-8-6-20)21-15(17-11)18-14(19-21)12-3-2-4-16-10-12/h2-4,9-10H,5-8H2,1H3. The summed E-state index contributed by atoms with van der Waals surface area (Å²) in [4.78, 5) is 15.4. The van der Waals surface area contributed by atoms with Gasteiger partial charge in [-0.2, -0.15) is 9.50 Å². The van der Waals surface area contributed by atoms with Crippen LogP contribution in [0.25, 0.3) is 17.2 Å². The lowest BCUT2D eigenvalue weighted by Gasteiger charge is -2.28. The molecule has 0 saturated carbocycles. The largest absolute Gasteiger partial charge is 0.378 e. The van der Waals surface area contributed by atoms with Crippen LogP contribution in [0.5, 0.6) is 0 Å². The first-order valence-corrected chi connectivity index (χ1v) is 7.29. The van der Waals surface area contributed by atoms with Crippen LogP contribution in [-0.2, 0) is 4.74 Å². The predicted octanol–water partition coefficient (Wildman–Crippen LogP) is 1.33. The lowest BCUT2D eigenvalue weighted by Crippen LogP contribution is -2.37. The number of ether oxygens (including phenoxy) is 1. The molecule has 0 unspecified atom stereocenters. The van der Waals surface area contributed by atoms with E-state index in [4.69, 9.17) is 4.74 Å². The van der Waals surface area contributed by atoms with Crippen molar-refractivity contribution in [3.8, 4) is 11.4 Å². The molecule has 3 aromatic rings. The van der Waals surface area contributed by atoms with E-state index < -0.39 is 0 Å². The Labute approximate surface area is 127 Å². The number of hydrogen-bond acceptors (Lipinski definition) is 6. The predicted molar refractivity (Wildman–Crippen MR) is 81.8 cm³/mol. The zero-order valence-corrected chi connectivity index (χ0v) is 12.3. The van der Waals surface area contributed by atoms with Crippen LogP contribution in [0.2, 0.25) is 0 Å². The average molecular weight is 296 g/mol. The first-order chi connectivity index (χ1) is 10.8. The summed E-state index contributed by atoms with van der Waals surface area (Å²) in [6.07, 6.45) is 3.50. The molecule has 1 fully saturated rings. The van der Waals surface area contributed by atoms with Gasteiger partial charge in [0, 0.05) is 42.8 Å². The van der Waals surface area contributed by atoms with Crippen LogP contribution >= 0.6 is 0 Å². The maximum Gasteiger partial charge on any atom is 0.254 e. The fourth-order valence-corrected chi connectivity index (χ4v) is 2.60. The second kappa shape index (κ2) is 5.34. The maximum absolute atomic E-state index is 5.43. The molecule has 0 N–H and O–H groups in total. The number of aryl methyl sites for hydroxylation is 1. The maximum atomic E-state index is 5.43. The Morgan fingerprint density at radius 1 is 1.18 bits per heavy atom. The Morgan fingerprint density at radius 2 is 2.05 bits per heavy atom. The summed E-state index contributed by atoms with van der Waals surface area (Å²) in [6, 6.07) is 5.87. The van der Waals surface area contributed by atoms with Crippen molar-refractivity contribution in [1.29, 1.82) is 0 Å². The van der Waals surface area contributed by atoms with E-state index in [-0.39, 0.29) is 0 Å². The molecule has 7 heteroatoms. The van der Waals surface area contributed by atoms with Gasteiger partial charge in [0.1, 0.15) is 5.82 Å². The van der Waals surface area contributed by atoms with E-state index in [1.807, 2.05) is 25.1 Å².